The molecule has 0 radical (unpaired) electrons. The Bertz CT molecular complexity index is 653. The Balaban J connectivity index is 2.07. The number of phenolic OH excluding ortho intramolecular Hbond substituents is 2. The van der Waals surface area contributed by atoms with E-state index in [1.807, 2.05) is 37.2 Å². The van der Waals surface area contributed by atoms with Gasteiger partial charge < -0.3 is 25.2 Å². The quantitative estimate of drug-likeness (QED) is 0.462. The molecule has 0 saturated carbocycles. The predicted octanol–water partition coefficient (Wildman–Crippen LogP) is 3.01. The highest BCUT2D eigenvalue weighted by Gasteiger charge is 2.22. The van der Waals surface area contributed by atoms with Gasteiger partial charge in [0.2, 0.25) is 5.75 Å². The highest BCUT2D eigenvalue weighted by atomic mass is 16.5. The maximum Gasteiger partial charge on any atom is 0.203 e. The van der Waals surface area contributed by atoms with Gasteiger partial charge in [0.25, 0.3) is 0 Å². The molecule has 0 spiro atoms. The number of hydrogen-bond acceptors (Lipinski definition) is 5. The minimum atomic E-state index is -0.258. The second-order valence-electron chi connectivity index (χ2n) is 4.61. The number of phenols is 2. The molecule has 19 heavy (non-hydrogen) atoms. The molecule has 0 atom stereocenters. The summed E-state index contributed by atoms with van der Waals surface area (Å²) in [4.78, 5) is 1.96. The average molecular weight is 258 g/mol. The molecule has 0 aromatic heterocycles. The summed E-state index contributed by atoms with van der Waals surface area (Å²) >= 11 is 0. The zero-order valence-corrected chi connectivity index (χ0v) is 10.6. The molecular weight excluding hydrogens is 244 g/mol. The molecule has 2 aromatic carbocycles. The van der Waals surface area contributed by atoms with Crippen LogP contribution in [0.5, 0.6) is 23.0 Å². The van der Waals surface area contributed by atoms with Crippen LogP contribution in [0.15, 0.2) is 30.3 Å². The van der Waals surface area contributed by atoms with Gasteiger partial charge in [-0.25, -0.2) is 0 Å². The lowest BCUT2D eigenvalue weighted by molar-refractivity contribution is 0.373. The lowest BCUT2D eigenvalue weighted by Gasteiger charge is -2.24. The molecule has 3 rings (SSSR count). The molecule has 5 nitrogen and oxygen atoms in total. The molecule has 1 heterocycles. The van der Waals surface area contributed by atoms with Crippen LogP contribution in [0, 0.1) is 0 Å². The first-order valence-electron chi connectivity index (χ1n) is 5.87. The van der Waals surface area contributed by atoms with Gasteiger partial charge in [0.15, 0.2) is 17.2 Å². The van der Waals surface area contributed by atoms with E-state index in [1.54, 1.807) is 6.07 Å². The van der Waals surface area contributed by atoms with E-state index in [4.69, 9.17) is 4.74 Å². The van der Waals surface area contributed by atoms with Crippen molar-refractivity contribution in [2.75, 3.05) is 24.3 Å². The van der Waals surface area contributed by atoms with E-state index in [9.17, 15) is 10.2 Å². The van der Waals surface area contributed by atoms with Crippen molar-refractivity contribution in [3.05, 3.63) is 30.3 Å². The lowest BCUT2D eigenvalue weighted by atomic mass is 10.1. The third kappa shape index (κ3) is 1.79. The molecule has 0 fully saturated rings. The number of fused-ring (bicyclic) bond motifs is 2. The number of hydrogen-bond donors (Lipinski definition) is 3. The van der Waals surface area contributed by atoms with E-state index in [2.05, 4.69) is 5.32 Å². The monoisotopic (exact) mass is 258 g/mol. The van der Waals surface area contributed by atoms with Crippen molar-refractivity contribution < 1.29 is 14.9 Å². The minimum absolute atomic E-state index is 0.201. The van der Waals surface area contributed by atoms with Gasteiger partial charge in [-0.2, -0.15) is 0 Å². The van der Waals surface area contributed by atoms with Gasteiger partial charge in [0.1, 0.15) is 0 Å². The van der Waals surface area contributed by atoms with Crippen molar-refractivity contribution in [1.29, 1.82) is 0 Å². The Morgan fingerprint density at radius 3 is 2.53 bits per heavy atom. The Morgan fingerprint density at radius 2 is 1.79 bits per heavy atom. The number of anilines is 3. The van der Waals surface area contributed by atoms with Crippen LogP contribution in [-0.4, -0.2) is 24.3 Å². The fourth-order valence-corrected chi connectivity index (χ4v) is 1.99. The van der Waals surface area contributed by atoms with Gasteiger partial charge in [-0.05, 0) is 24.3 Å². The molecule has 98 valence electrons. The van der Waals surface area contributed by atoms with Crippen molar-refractivity contribution in [2.24, 2.45) is 0 Å². The van der Waals surface area contributed by atoms with Gasteiger partial charge in [0, 0.05) is 25.8 Å². The summed E-state index contributed by atoms with van der Waals surface area (Å²) in [5.74, 6) is 0.390. The highest BCUT2D eigenvalue weighted by Crippen LogP contribution is 2.50. The number of benzene rings is 2. The van der Waals surface area contributed by atoms with Crippen LogP contribution in [0.4, 0.5) is 17.1 Å². The zero-order valence-electron chi connectivity index (χ0n) is 10.6. The van der Waals surface area contributed by atoms with Crippen LogP contribution in [0.25, 0.3) is 0 Å². The maximum absolute atomic E-state index is 9.82. The average Bonchev–Trinajstić information content (AvgIpc) is 2.41. The van der Waals surface area contributed by atoms with Crippen LogP contribution in [0.2, 0.25) is 0 Å². The first-order chi connectivity index (χ1) is 9.06. The number of ether oxygens (including phenoxy) is 1. The summed E-state index contributed by atoms with van der Waals surface area (Å²) in [6.45, 7) is 0. The van der Waals surface area contributed by atoms with E-state index in [1.165, 1.54) is 6.07 Å². The third-order valence-electron chi connectivity index (χ3n) is 3.07. The zero-order chi connectivity index (χ0) is 13.6. The molecule has 1 aliphatic rings. The van der Waals surface area contributed by atoms with Crippen molar-refractivity contribution in [3.8, 4) is 23.0 Å². The molecule has 0 aliphatic carbocycles. The minimum Gasteiger partial charge on any atom is -0.504 e. The maximum atomic E-state index is 9.82. The predicted molar refractivity (Wildman–Crippen MR) is 73.9 cm³/mol. The Labute approximate surface area is 110 Å². The Hall–Kier alpha value is -2.56. The van der Waals surface area contributed by atoms with Gasteiger partial charge >= 0.3 is 0 Å². The molecule has 3 N–H and O–H groups in total. The largest absolute Gasteiger partial charge is 0.504 e. The van der Waals surface area contributed by atoms with Crippen LogP contribution in [-0.2, 0) is 0 Å². The summed E-state index contributed by atoms with van der Waals surface area (Å²) in [7, 11) is 3.88. The lowest BCUT2D eigenvalue weighted by Crippen LogP contribution is -2.10. The third-order valence-corrected chi connectivity index (χ3v) is 3.07. The van der Waals surface area contributed by atoms with Gasteiger partial charge in [-0.3, -0.25) is 0 Å². The SMILES string of the molecule is CN(C)c1ccc2c(c1)Oc1c(ccc(O)c1O)N2. The fraction of sp³-hybridized carbons (Fsp3) is 0.143. The van der Waals surface area contributed by atoms with Crippen molar-refractivity contribution in [3.63, 3.8) is 0 Å². The number of nitrogens with one attached hydrogen (secondary N) is 1. The fourth-order valence-electron chi connectivity index (χ4n) is 1.99. The van der Waals surface area contributed by atoms with Crippen LogP contribution in [0.1, 0.15) is 0 Å². The van der Waals surface area contributed by atoms with Gasteiger partial charge in [-0.1, -0.05) is 0 Å². The van der Waals surface area contributed by atoms with Crippen molar-refractivity contribution in [1.82, 2.24) is 0 Å². The molecule has 0 unspecified atom stereocenters. The number of nitrogens with zero attached hydrogens (tertiary/aromatic N) is 1. The van der Waals surface area contributed by atoms with Crippen LogP contribution < -0.4 is 15.0 Å². The summed E-state index contributed by atoms with van der Waals surface area (Å²) in [5.41, 5.74) is 2.44. The topological polar surface area (TPSA) is 65.0 Å². The standard InChI is InChI=1S/C14H14N2O3/c1-16(2)8-3-4-9-12(7-8)19-14-10(15-9)5-6-11(17)13(14)18/h3-7,15,17-18H,1-2H3. The molecule has 5 heteroatoms. The normalized spacial score (nSPS) is 11.9. The van der Waals surface area contributed by atoms with E-state index in [0.717, 1.165) is 11.4 Å². The first-order valence-corrected chi connectivity index (χ1v) is 5.87. The van der Waals surface area contributed by atoms with Crippen LogP contribution >= 0.6 is 0 Å². The van der Waals surface area contributed by atoms with Crippen LogP contribution in [0.3, 0.4) is 0 Å². The molecule has 0 saturated heterocycles. The second kappa shape index (κ2) is 3.98. The van der Waals surface area contributed by atoms with E-state index in [0.29, 0.717) is 11.4 Å². The smallest absolute Gasteiger partial charge is 0.203 e. The molecular formula is C14H14N2O3. The van der Waals surface area contributed by atoms with Crippen molar-refractivity contribution in [2.45, 2.75) is 0 Å². The van der Waals surface area contributed by atoms with E-state index in [-0.39, 0.29) is 17.2 Å². The van der Waals surface area contributed by atoms with Gasteiger partial charge in [-0.15, -0.1) is 0 Å². The summed E-state index contributed by atoms with van der Waals surface area (Å²) in [6.07, 6.45) is 0. The molecule has 0 amide bonds. The van der Waals surface area contributed by atoms with E-state index >= 15 is 0 Å². The number of rotatable bonds is 1. The van der Waals surface area contributed by atoms with Gasteiger partial charge in [0.05, 0.1) is 11.4 Å². The molecule has 2 aromatic rings. The highest BCUT2D eigenvalue weighted by molar-refractivity contribution is 5.80. The summed E-state index contributed by atoms with van der Waals surface area (Å²) in [5, 5.41) is 22.5. The van der Waals surface area contributed by atoms with Crippen molar-refractivity contribution >= 4 is 17.1 Å². The Kier molecular flexibility index (Phi) is 2.41. The Morgan fingerprint density at radius 1 is 1.05 bits per heavy atom. The molecule has 1 aliphatic heterocycles. The second-order valence-corrected chi connectivity index (χ2v) is 4.61. The van der Waals surface area contributed by atoms with E-state index < -0.39 is 0 Å². The molecule has 0 bridgehead atoms. The summed E-state index contributed by atoms with van der Waals surface area (Å²) < 4.78 is 5.68. The number of aromatic hydroxyl groups is 2. The first kappa shape index (κ1) is 11.5. The summed E-state index contributed by atoms with van der Waals surface area (Å²) in [6, 6.07) is 8.84.